The van der Waals surface area contributed by atoms with Gasteiger partial charge in [-0.15, -0.1) is 0 Å². The average molecular weight is 334 g/mol. The summed E-state index contributed by atoms with van der Waals surface area (Å²) in [5.74, 6) is 0.322. The van der Waals surface area contributed by atoms with Crippen LogP contribution in [0.4, 0.5) is 5.69 Å². The van der Waals surface area contributed by atoms with Crippen molar-refractivity contribution in [1.82, 2.24) is 4.98 Å². The number of fused-ring (bicyclic) bond motifs is 1. The van der Waals surface area contributed by atoms with Crippen LogP contribution in [-0.2, 0) is 0 Å². The van der Waals surface area contributed by atoms with Crippen molar-refractivity contribution in [1.29, 1.82) is 0 Å². The molecule has 1 atom stereocenters. The summed E-state index contributed by atoms with van der Waals surface area (Å²) >= 11 is 0. The highest BCUT2D eigenvalue weighted by Crippen LogP contribution is 2.27. The lowest BCUT2D eigenvalue weighted by Gasteiger charge is -2.33. The summed E-state index contributed by atoms with van der Waals surface area (Å²) in [7, 11) is 0. The van der Waals surface area contributed by atoms with Crippen LogP contribution in [0.5, 0.6) is 0 Å². The number of hydrogen-bond donors (Lipinski definition) is 2. The van der Waals surface area contributed by atoms with E-state index in [4.69, 9.17) is 0 Å². The van der Waals surface area contributed by atoms with E-state index in [9.17, 15) is 9.90 Å². The van der Waals surface area contributed by atoms with E-state index < -0.39 is 0 Å². The van der Waals surface area contributed by atoms with E-state index in [1.807, 2.05) is 48.5 Å². The van der Waals surface area contributed by atoms with E-state index in [2.05, 4.69) is 16.0 Å². The van der Waals surface area contributed by atoms with Crippen LogP contribution in [0, 0.1) is 5.92 Å². The monoisotopic (exact) mass is 334 g/mol. The van der Waals surface area contributed by atoms with Gasteiger partial charge in [0, 0.05) is 36.5 Å². The number of nitrogens with one attached hydrogen (secondary N) is 1. The Morgan fingerprint density at radius 1 is 1.12 bits per heavy atom. The van der Waals surface area contributed by atoms with E-state index in [0.29, 0.717) is 11.3 Å². The van der Waals surface area contributed by atoms with Crippen LogP contribution >= 0.6 is 0 Å². The van der Waals surface area contributed by atoms with Crippen molar-refractivity contribution in [3.63, 3.8) is 0 Å². The quantitative estimate of drug-likeness (QED) is 0.772. The number of H-pyrrole nitrogens is 1. The fourth-order valence-corrected chi connectivity index (χ4v) is 3.67. The van der Waals surface area contributed by atoms with Crippen LogP contribution in [0.2, 0.25) is 0 Å². The standard InChI is InChI=1S/C21H22N2O2/c24-14-15-5-4-10-23(13-15)18-9-8-17-11-20(16-6-2-1-3-7-16)22-21(25)19(17)12-18/h1-3,6-9,11-12,15,24H,4-5,10,13-14H2,(H,22,25). The molecule has 3 aromatic rings. The number of aromatic nitrogens is 1. The summed E-state index contributed by atoms with van der Waals surface area (Å²) in [4.78, 5) is 17.9. The molecule has 1 fully saturated rings. The SMILES string of the molecule is O=c1[nH]c(-c2ccccc2)cc2ccc(N3CCCC(CO)C3)cc12. The smallest absolute Gasteiger partial charge is 0.256 e. The molecule has 0 spiro atoms. The van der Waals surface area contributed by atoms with Crippen LogP contribution in [0.1, 0.15) is 12.8 Å². The summed E-state index contributed by atoms with van der Waals surface area (Å²) < 4.78 is 0. The number of aliphatic hydroxyl groups is 1. The topological polar surface area (TPSA) is 56.3 Å². The second-order valence-electron chi connectivity index (χ2n) is 6.79. The lowest BCUT2D eigenvalue weighted by Crippen LogP contribution is -2.36. The predicted molar refractivity (Wildman–Crippen MR) is 102 cm³/mol. The Kier molecular flexibility index (Phi) is 4.28. The molecule has 4 nitrogen and oxygen atoms in total. The van der Waals surface area contributed by atoms with Crippen molar-refractivity contribution in [3.05, 3.63) is 65.0 Å². The number of nitrogens with zero attached hydrogens (tertiary/aromatic N) is 1. The number of rotatable bonds is 3. The number of benzene rings is 2. The summed E-state index contributed by atoms with van der Waals surface area (Å²) in [6, 6.07) is 18.0. The first-order valence-electron chi connectivity index (χ1n) is 8.83. The van der Waals surface area contributed by atoms with E-state index in [1.165, 1.54) is 0 Å². The largest absolute Gasteiger partial charge is 0.396 e. The Morgan fingerprint density at radius 2 is 1.96 bits per heavy atom. The highest BCUT2D eigenvalue weighted by Gasteiger charge is 2.19. The van der Waals surface area contributed by atoms with Crippen LogP contribution in [0.15, 0.2) is 59.4 Å². The van der Waals surface area contributed by atoms with E-state index in [-0.39, 0.29) is 12.2 Å². The molecule has 0 amide bonds. The van der Waals surface area contributed by atoms with Gasteiger partial charge in [-0.3, -0.25) is 4.79 Å². The number of pyridine rings is 1. The van der Waals surface area contributed by atoms with Crippen LogP contribution in [0.25, 0.3) is 22.0 Å². The Balaban J connectivity index is 1.72. The molecule has 1 unspecified atom stereocenters. The van der Waals surface area contributed by atoms with Crippen molar-refractivity contribution >= 4 is 16.5 Å². The van der Waals surface area contributed by atoms with Gasteiger partial charge in [0.2, 0.25) is 0 Å². The molecular weight excluding hydrogens is 312 g/mol. The maximum absolute atomic E-state index is 12.6. The van der Waals surface area contributed by atoms with Crippen molar-refractivity contribution in [3.8, 4) is 11.3 Å². The minimum absolute atomic E-state index is 0.0612. The fourth-order valence-electron chi connectivity index (χ4n) is 3.67. The molecule has 0 saturated carbocycles. The average Bonchev–Trinajstić information content (AvgIpc) is 2.68. The van der Waals surface area contributed by atoms with Gasteiger partial charge < -0.3 is 15.0 Å². The molecule has 4 heteroatoms. The molecule has 2 aromatic carbocycles. The second kappa shape index (κ2) is 6.73. The number of aromatic amines is 1. The van der Waals surface area contributed by atoms with Gasteiger partial charge in [-0.2, -0.15) is 0 Å². The molecule has 1 aliphatic heterocycles. The van der Waals surface area contributed by atoms with Gasteiger partial charge in [0.1, 0.15) is 0 Å². The number of piperidine rings is 1. The maximum Gasteiger partial charge on any atom is 0.256 e. The Hall–Kier alpha value is -2.59. The van der Waals surface area contributed by atoms with E-state index in [0.717, 1.165) is 48.3 Å². The number of anilines is 1. The molecule has 1 saturated heterocycles. The normalized spacial score (nSPS) is 17.8. The third-order valence-electron chi connectivity index (χ3n) is 5.06. The zero-order valence-electron chi connectivity index (χ0n) is 14.1. The highest BCUT2D eigenvalue weighted by atomic mass is 16.3. The van der Waals surface area contributed by atoms with Gasteiger partial charge in [0.25, 0.3) is 5.56 Å². The van der Waals surface area contributed by atoms with Crippen LogP contribution in [0.3, 0.4) is 0 Å². The molecular formula is C21H22N2O2. The van der Waals surface area contributed by atoms with Gasteiger partial charge >= 0.3 is 0 Å². The van der Waals surface area contributed by atoms with Crippen molar-refractivity contribution in [2.24, 2.45) is 5.92 Å². The molecule has 25 heavy (non-hydrogen) atoms. The molecule has 0 bridgehead atoms. The first-order valence-corrected chi connectivity index (χ1v) is 8.83. The summed E-state index contributed by atoms with van der Waals surface area (Å²) in [5.41, 5.74) is 2.84. The van der Waals surface area contributed by atoms with Crippen molar-refractivity contribution < 1.29 is 5.11 Å². The number of aliphatic hydroxyl groups excluding tert-OH is 1. The highest BCUT2D eigenvalue weighted by molar-refractivity contribution is 5.88. The van der Waals surface area contributed by atoms with E-state index >= 15 is 0 Å². The predicted octanol–water partition coefficient (Wildman–Crippen LogP) is 3.40. The van der Waals surface area contributed by atoms with Gasteiger partial charge in [-0.05, 0) is 47.9 Å². The fraction of sp³-hybridized carbons (Fsp3) is 0.286. The molecule has 2 heterocycles. The summed E-state index contributed by atoms with van der Waals surface area (Å²) in [6.07, 6.45) is 2.15. The zero-order valence-corrected chi connectivity index (χ0v) is 14.1. The Morgan fingerprint density at radius 3 is 2.76 bits per heavy atom. The molecule has 0 radical (unpaired) electrons. The van der Waals surface area contributed by atoms with E-state index in [1.54, 1.807) is 0 Å². The minimum atomic E-state index is -0.0612. The second-order valence-corrected chi connectivity index (χ2v) is 6.79. The lowest BCUT2D eigenvalue weighted by atomic mass is 9.98. The summed E-state index contributed by atoms with van der Waals surface area (Å²) in [6.45, 7) is 2.05. The molecule has 1 aliphatic rings. The van der Waals surface area contributed by atoms with Gasteiger partial charge in [-0.25, -0.2) is 0 Å². The Labute approximate surface area is 146 Å². The van der Waals surface area contributed by atoms with Gasteiger partial charge in [-0.1, -0.05) is 36.4 Å². The Bertz CT molecular complexity index is 934. The zero-order chi connectivity index (χ0) is 17.2. The molecule has 1 aromatic heterocycles. The third kappa shape index (κ3) is 3.17. The number of hydrogen-bond acceptors (Lipinski definition) is 3. The van der Waals surface area contributed by atoms with Crippen molar-refractivity contribution in [2.75, 3.05) is 24.6 Å². The molecule has 2 N–H and O–H groups in total. The third-order valence-corrected chi connectivity index (χ3v) is 5.06. The van der Waals surface area contributed by atoms with Gasteiger partial charge in [0.15, 0.2) is 0 Å². The van der Waals surface area contributed by atoms with Crippen LogP contribution < -0.4 is 10.5 Å². The van der Waals surface area contributed by atoms with Crippen LogP contribution in [-0.4, -0.2) is 29.8 Å². The molecule has 4 rings (SSSR count). The first kappa shape index (κ1) is 15.9. The van der Waals surface area contributed by atoms with Crippen molar-refractivity contribution in [2.45, 2.75) is 12.8 Å². The minimum Gasteiger partial charge on any atom is -0.396 e. The first-order chi connectivity index (χ1) is 12.2. The maximum atomic E-state index is 12.6. The summed E-state index contributed by atoms with van der Waals surface area (Å²) in [5, 5.41) is 11.1. The molecule has 128 valence electrons. The van der Waals surface area contributed by atoms with Gasteiger partial charge in [0.05, 0.1) is 0 Å². The lowest BCUT2D eigenvalue weighted by molar-refractivity contribution is 0.209. The molecule has 0 aliphatic carbocycles.